The molecule has 2 atom stereocenters. The third-order valence-corrected chi connectivity index (χ3v) is 7.24. The van der Waals surface area contributed by atoms with Crippen molar-refractivity contribution in [2.45, 2.75) is 18.5 Å². The quantitative estimate of drug-likeness (QED) is 0.231. The average Bonchev–Trinajstić information content (AvgIpc) is 3.01. The fourth-order valence-electron chi connectivity index (χ4n) is 5.29. The van der Waals surface area contributed by atoms with Crippen LogP contribution in [0.2, 0.25) is 0 Å². The molecule has 41 heavy (non-hydrogen) atoms. The van der Waals surface area contributed by atoms with Crippen LogP contribution >= 0.6 is 0 Å². The van der Waals surface area contributed by atoms with Crippen molar-refractivity contribution in [3.05, 3.63) is 131 Å². The average molecular weight is 557 g/mol. The van der Waals surface area contributed by atoms with E-state index in [1.54, 1.807) is 74.9 Å². The zero-order chi connectivity index (χ0) is 28.9. The molecule has 1 aliphatic rings. The van der Waals surface area contributed by atoms with Gasteiger partial charge in [-0.05, 0) is 60.7 Å². The van der Waals surface area contributed by atoms with Crippen LogP contribution < -0.4 is 19.7 Å². The van der Waals surface area contributed by atoms with Gasteiger partial charge >= 0.3 is 5.97 Å². The second-order valence-electron chi connectivity index (χ2n) is 9.51. The van der Waals surface area contributed by atoms with E-state index in [1.165, 1.54) is 19.2 Å². The Hall–Kier alpha value is -4.85. The summed E-state index contributed by atoms with van der Waals surface area (Å²) in [7, 11) is 4.43. The molecule has 0 amide bonds. The van der Waals surface area contributed by atoms with E-state index in [9.17, 15) is 4.79 Å². The van der Waals surface area contributed by atoms with E-state index < -0.39 is 29.7 Å². The Morgan fingerprint density at radius 2 is 1.29 bits per heavy atom. The lowest BCUT2D eigenvalue weighted by Crippen LogP contribution is -2.42. The Kier molecular flexibility index (Phi) is 8.19. The first-order valence-electron chi connectivity index (χ1n) is 13.1. The van der Waals surface area contributed by atoms with Gasteiger partial charge in [0.05, 0.1) is 39.0 Å². The standard InChI is InChI=1S/C33H30F2N2O4/c1-39-23-16-12-21(13-17-23)36-29-20-30(25-8-4-6-10-27(25)34)37(22-14-18-24(40-2)19-15-22)32(31(29)33(38)41-3)26-9-5-7-11-28(26)35/h4-19,30,32,36H,20H2,1-3H3. The normalized spacial score (nSPS) is 16.8. The number of methoxy groups -OCH3 is 3. The van der Waals surface area contributed by atoms with Gasteiger partial charge in [-0.3, -0.25) is 0 Å². The minimum absolute atomic E-state index is 0.203. The molecule has 0 bridgehead atoms. The van der Waals surface area contributed by atoms with Crippen LogP contribution in [0.15, 0.2) is 108 Å². The van der Waals surface area contributed by atoms with Gasteiger partial charge in [-0.2, -0.15) is 0 Å². The second-order valence-corrected chi connectivity index (χ2v) is 9.51. The third-order valence-electron chi connectivity index (χ3n) is 7.24. The fraction of sp³-hybridized carbons (Fsp3) is 0.182. The van der Waals surface area contributed by atoms with Crippen molar-refractivity contribution in [3.8, 4) is 11.5 Å². The molecule has 0 radical (unpaired) electrons. The van der Waals surface area contributed by atoms with Gasteiger partial charge in [-0.1, -0.05) is 36.4 Å². The van der Waals surface area contributed by atoms with Crippen molar-refractivity contribution in [3.63, 3.8) is 0 Å². The lowest BCUT2D eigenvalue weighted by Gasteiger charge is -2.46. The summed E-state index contributed by atoms with van der Waals surface area (Å²) >= 11 is 0. The number of hydrogen-bond acceptors (Lipinski definition) is 6. The number of halogens is 2. The molecule has 0 saturated carbocycles. The highest BCUT2D eigenvalue weighted by Gasteiger charge is 2.43. The van der Waals surface area contributed by atoms with E-state index in [4.69, 9.17) is 14.2 Å². The maximum atomic E-state index is 15.6. The molecule has 210 valence electrons. The fourth-order valence-corrected chi connectivity index (χ4v) is 5.29. The molecule has 6 nitrogen and oxygen atoms in total. The smallest absolute Gasteiger partial charge is 0.337 e. The number of nitrogens with zero attached hydrogens (tertiary/aromatic N) is 1. The molecule has 1 aliphatic heterocycles. The Labute approximate surface area is 237 Å². The maximum Gasteiger partial charge on any atom is 0.337 e. The summed E-state index contributed by atoms with van der Waals surface area (Å²) in [6.45, 7) is 0. The zero-order valence-corrected chi connectivity index (χ0v) is 22.9. The Balaban J connectivity index is 1.78. The van der Waals surface area contributed by atoms with Crippen LogP contribution in [0.5, 0.6) is 11.5 Å². The van der Waals surface area contributed by atoms with Gasteiger partial charge in [-0.25, -0.2) is 13.6 Å². The van der Waals surface area contributed by atoms with Crippen LogP contribution in [-0.4, -0.2) is 27.3 Å². The first-order valence-corrected chi connectivity index (χ1v) is 13.1. The summed E-state index contributed by atoms with van der Waals surface area (Å²) in [6, 6.07) is 25.6. The van der Waals surface area contributed by atoms with Crippen molar-refractivity contribution >= 4 is 17.3 Å². The van der Waals surface area contributed by atoms with Crippen LogP contribution in [0.4, 0.5) is 20.2 Å². The van der Waals surface area contributed by atoms with Gasteiger partial charge in [0, 0.05) is 34.6 Å². The van der Waals surface area contributed by atoms with Crippen LogP contribution in [0, 0.1) is 11.6 Å². The second kappa shape index (κ2) is 12.1. The highest BCUT2D eigenvalue weighted by molar-refractivity contribution is 5.93. The molecule has 0 saturated heterocycles. The number of ether oxygens (including phenoxy) is 3. The summed E-state index contributed by atoms with van der Waals surface area (Å²) in [5.41, 5.74) is 2.70. The molecule has 1 heterocycles. The monoisotopic (exact) mass is 556 g/mol. The first-order chi connectivity index (χ1) is 19.9. The molecule has 0 spiro atoms. The summed E-state index contributed by atoms with van der Waals surface area (Å²) < 4.78 is 47.0. The van der Waals surface area contributed by atoms with E-state index >= 15 is 8.78 Å². The van der Waals surface area contributed by atoms with E-state index in [1.807, 2.05) is 29.2 Å². The minimum Gasteiger partial charge on any atom is -0.497 e. The van der Waals surface area contributed by atoms with E-state index in [2.05, 4.69) is 5.32 Å². The zero-order valence-electron chi connectivity index (χ0n) is 22.9. The minimum atomic E-state index is -0.962. The van der Waals surface area contributed by atoms with E-state index in [0.29, 0.717) is 34.1 Å². The molecule has 5 rings (SSSR count). The SMILES string of the molecule is COC(=O)C1=C(Nc2ccc(OC)cc2)CC(c2ccccc2F)N(c2ccc(OC)cc2)C1c1ccccc1F. The summed E-state index contributed by atoms with van der Waals surface area (Å²) in [6.07, 6.45) is 0.203. The van der Waals surface area contributed by atoms with Crippen LogP contribution in [0.3, 0.4) is 0 Å². The number of anilines is 2. The molecule has 0 aromatic heterocycles. The Bertz CT molecular complexity index is 1550. The predicted octanol–water partition coefficient (Wildman–Crippen LogP) is 7.21. The number of nitrogens with one attached hydrogen (secondary N) is 1. The van der Waals surface area contributed by atoms with E-state index in [-0.39, 0.29) is 17.6 Å². The van der Waals surface area contributed by atoms with Gasteiger partial charge in [0.25, 0.3) is 0 Å². The van der Waals surface area contributed by atoms with Crippen molar-refractivity contribution in [2.75, 3.05) is 31.5 Å². The number of rotatable bonds is 8. The summed E-state index contributed by atoms with van der Waals surface area (Å²) in [5, 5.41) is 3.36. The summed E-state index contributed by atoms with van der Waals surface area (Å²) in [4.78, 5) is 15.4. The van der Waals surface area contributed by atoms with Crippen LogP contribution in [0.25, 0.3) is 0 Å². The number of benzene rings is 4. The Morgan fingerprint density at radius 3 is 1.83 bits per heavy atom. The molecular formula is C33H30F2N2O4. The number of esters is 1. The molecule has 1 N–H and O–H groups in total. The molecule has 8 heteroatoms. The van der Waals surface area contributed by atoms with Crippen LogP contribution in [0.1, 0.15) is 29.6 Å². The largest absolute Gasteiger partial charge is 0.497 e. The van der Waals surface area contributed by atoms with Gasteiger partial charge in [0.2, 0.25) is 0 Å². The maximum absolute atomic E-state index is 15.6. The molecule has 0 aliphatic carbocycles. The molecule has 0 fully saturated rings. The van der Waals surface area contributed by atoms with Gasteiger partial charge in [-0.15, -0.1) is 0 Å². The van der Waals surface area contributed by atoms with Crippen LogP contribution in [-0.2, 0) is 9.53 Å². The van der Waals surface area contributed by atoms with E-state index in [0.717, 1.165) is 0 Å². The third kappa shape index (κ3) is 5.59. The molecule has 2 unspecified atom stereocenters. The lowest BCUT2D eigenvalue weighted by molar-refractivity contribution is -0.136. The van der Waals surface area contributed by atoms with Crippen molar-refractivity contribution in [1.29, 1.82) is 0 Å². The Morgan fingerprint density at radius 1 is 0.756 bits per heavy atom. The van der Waals surface area contributed by atoms with Crippen molar-refractivity contribution < 1.29 is 27.8 Å². The summed E-state index contributed by atoms with van der Waals surface area (Å²) in [5.74, 6) is -0.245. The van der Waals surface area contributed by atoms with Crippen molar-refractivity contribution in [2.24, 2.45) is 0 Å². The van der Waals surface area contributed by atoms with Gasteiger partial charge in [0.1, 0.15) is 23.1 Å². The van der Waals surface area contributed by atoms with Gasteiger partial charge in [0.15, 0.2) is 0 Å². The van der Waals surface area contributed by atoms with Gasteiger partial charge < -0.3 is 24.4 Å². The van der Waals surface area contributed by atoms with Crippen molar-refractivity contribution in [1.82, 2.24) is 0 Å². The first kappa shape index (κ1) is 27.7. The molecule has 4 aromatic rings. The number of carbonyl (C=O) groups is 1. The lowest BCUT2D eigenvalue weighted by atomic mass is 9.83. The highest BCUT2D eigenvalue weighted by atomic mass is 19.1. The predicted molar refractivity (Wildman–Crippen MR) is 154 cm³/mol. The molecule has 4 aromatic carbocycles. The molecular weight excluding hydrogens is 526 g/mol. The number of carbonyl (C=O) groups excluding carboxylic acids is 1. The number of hydrogen-bond donors (Lipinski definition) is 1. The topological polar surface area (TPSA) is 60.0 Å². The highest BCUT2D eigenvalue weighted by Crippen LogP contribution is 2.49.